The van der Waals surface area contributed by atoms with Crippen molar-refractivity contribution in [1.82, 2.24) is 0 Å². The Labute approximate surface area is 121 Å². The van der Waals surface area contributed by atoms with Crippen LogP contribution in [0.2, 0.25) is 0 Å². The van der Waals surface area contributed by atoms with Crippen LogP contribution in [0.15, 0.2) is 24.3 Å². The molecule has 1 aliphatic rings. The van der Waals surface area contributed by atoms with Gasteiger partial charge in [-0.15, -0.1) is 5.92 Å². The van der Waals surface area contributed by atoms with Crippen LogP contribution >= 0.6 is 0 Å². The molecule has 114 valence electrons. The average molecular weight is 299 g/mol. The highest BCUT2D eigenvalue weighted by atomic mass is 19.4. The second kappa shape index (κ2) is 5.96. The van der Waals surface area contributed by atoms with E-state index in [1.165, 1.54) is 25.1 Å². The van der Waals surface area contributed by atoms with Gasteiger partial charge in [0.15, 0.2) is 0 Å². The van der Waals surface area contributed by atoms with Gasteiger partial charge in [-0.25, -0.2) is 0 Å². The monoisotopic (exact) mass is 299 g/mol. The molecular formula is C15H16F3NO2. The number of ether oxygens (including phenoxy) is 1. The van der Waals surface area contributed by atoms with Crippen molar-refractivity contribution in [3.63, 3.8) is 0 Å². The summed E-state index contributed by atoms with van der Waals surface area (Å²) in [6.45, 7) is 3.54. The second-order valence-corrected chi connectivity index (χ2v) is 4.73. The lowest BCUT2D eigenvalue weighted by atomic mass is 9.93. The second-order valence-electron chi connectivity index (χ2n) is 4.73. The molecule has 0 aliphatic carbocycles. The highest BCUT2D eigenvalue weighted by Gasteiger charge is 2.54. The van der Waals surface area contributed by atoms with Gasteiger partial charge in [0.05, 0.1) is 13.2 Å². The Hall–Kier alpha value is -1.71. The number of rotatable bonds is 2. The van der Waals surface area contributed by atoms with Crippen LogP contribution in [0.1, 0.15) is 12.5 Å². The first kappa shape index (κ1) is 15.7. The molecule has 1 aliphatic heterocycles. The highest BCUT2D eigenvalue weighted by molar-refractivity contribution is 5.52. The first-order valence-corrected chi connectivity index (χ1v) is 6.55. The summed E-state index contributed by atoms with van der Waals surface area (Å²) in [5, 5.41) is 10.0. The number of anilines is 1. The number of benzene rings is 1. The van der Waals surface area contributed by atoms with Crippen molar-refractivity contribution >= 4 is 5.69 Å². The molecule has 1 saturated heterocycles. The summed E-state index contributed by atoms with van der Waals surface area (Å²) in [6.07, 6.45) is -4.86. The van der Waals surface area contributed by atoms with Gasteiger partial charge in [0, 0.05) is 24.3 Å². The maximum atomic E-state index is 13.2. The zero-order valence-corrected chi connectivity index (χ0v) is 11.6. The van der Waals surface area contributed by atoms with E-state index in [-0.39, 0.29) is 5.56 Å². The smallest absolute Gasteiger partial charge is 0.378 e. The molecule has 21 heavy (non-hydrogen) atoms. The zero-order chi connectivity index (χ0) is 15.5. The van der Waals surface area contributed by atoms with Crippen molar-refractivity contribution in [2.24, 2.45) is 0 Å². The van der Waals surface area contributed by atoms with E-state index < -0.39 is 11.8 Å². The van der Waals surface area contributed by atoms with E-state index in [0.29, 0.717) is 32.0 Å². The summed E-state index contributed by atoms with van der Waals surface area (Å²) in [5.74, 6) is 4.04. The molecule has 0 spiro atoms. The number of aliphatic hydroxyl groups is 1. The van der Waals surface area contributed by atoms with Gasteiger partial charge in [-0.05, 0) is 19.1 Å². The standard InChI is InChI=1S/C15H16F3NO2/c1-2-6-14(20,15(16,17)18)12-4-3-5-13(11-12)19-7-9-21-10-8-19/h3-5,11,20H,7-10H2,1H3. The van der Waals surface area contributed by atoms with Crippen LogP contribution < -0.4 is 4.90 Å². The van der Waals surface area contributed by atoms with Gasteiger partial charge < -0.3 is 14.7 Å². The van der Waals surface area contributed by atoms with Crippen molar-refractivity contribution in [1.29, 1.82) is 0 Å². The summed E-state index contributed by atoms with van der Waals surface area (Å²) >= 11 is 0. The fraction of sp³-hybridized carbons (Fsp3) is 0.467. The lowest BCUT2D eigenvalue weighted by molar-refractivity contribution is -0.240. The summed E-state index contributed by atoms with van der Waals surface area (Å²) in [7, 11) is 0. The summed E-state index contributed by atoms with van der Waals surface area (Å²) in [5.41, 5.74) is -2.80. The van der Waals surface area contributed by atoms with E-state index in [9.17, 15) is 18.3 Å². The van der Waals surface area contributed by atoms with Crippen LogP contribution in [0.4, 0.5) is 18.9 Å². The SMILES string of the molecule is CC#CC(O)(c1cccc(N2CCOCC2)c1)C(F)(F)F. The third kappa shape index (κ3) is 3.14. The van der Waals surface area contributed by atoms with Gasteiger partial charge in [-0.3, -0.25) is 0 Å². The molecule has 3 nitrogen and oxygen atoms in total. The molecule has 1 fully saturated rings. The Morgan fingerprint density at radius 1 is 1.24 bits per heavy atom. The minimum atomic E-state index is -4.86. The minimum absolute atomic E-state index is 0.270. The van der Waals surface area contributed by atoms with Crippen molar-refractivity contribution < 1.29 is 23.0 Å². The Morgan fingerprint density at radius 3 is 2.48 bits per heavy atom. The van der Waals surface area contributed by atoms with E-state index >= 15 is 0 Å². The summed E-state index contributed by atoms with van der Waals surface area (Å²) in [4.78, 5) is 1.92. The number of hydrogen-bond donors (Lipinski definition) is 1. The number of halogens is 3. The predicted octanol–water partition coefficient (Wildman–Crippen LogP) is 2.30. The molecule has 1 aromatic rings. The lowest BCUT2D eigenvalue weighted by Crippen LogP contribution is -2.41. The van der Waals surface area contributed by atoms with Gasteiger partial charge in [0.2, 0.25) is 5.60 Å². The molecule has 0 radical (unpaired) electrons. The van der Waals surface area contributed by atoms with Crippen LogP contribution in [0.5, 0.6) is 0 Å². The van der Waals surface area contributed by atoms with Crippen LogP contribution in [-0.4, -0.2) is 37.6 Å². The molecule has 1 aromatic carbocycles. The number of nitrogens with zero attached hydrogens (tertiary/aromatic N) is 1. The van der Waals surface area contributed by atoms with E-state index in [4.69, 9.17) is 4.74 Å². The molecule has 1 N–H and O–H groups in total. The third-order valence-electron chi connectivity index (χ3n) is 3.36. The molecular weight excluding hydrogens is 283 g/mol. The van der Waals surface area contributed by atoms with Gasteiger partial charge in [-0.1, -0.05) is 18.1 Å². The normalized spacial score (nSPS) is 18.6. The fourth-order valence-electron chi connectivity index (χ4n) is 2.24. The molecule has 0 amide bonds. The Bertz CT molecular complexity index is 556. The Kier molecular flexibility index (Phi) is 4.45. The van der Waals surface area contributed by atoms with E-state index in [2.05, 4.69) is 5.92 Å². The maximum absolute atomic E-state index is 13.2. The average Bonchev–Trinajstić information content (AvgIpc) is 2.47. The summed E-state index contributed by atoms with van der Waals surface area (Å²) < 4.78 is 44.7. The van der Waals surface area contributed by atoms with Crippen molar-refractivity contribution in [3.05, 3.63) is 29.8 Å². The van der Waals surface area contributed by atoms with E-state index in [1.807, 2.05) is 10.8 Å². The Morgan fingerprint density at radius 2 is 1.90 bits per heavy atom. The molecule has 6 heteroatoms. The lowest BCUT2D eigenvalue weighted by Gasteiger charge is -2.31. The topological polar surface area (TPSA) is 32.7 Å². The van der Waals surface area contributed by atoms with Crippen molar-refractivity contribution in [2.75, 3.05) is 31.2 Å². The molecule has 1 heterocycles. The van der Waals surface area contributed by atoms with Crippen LogP contribution in [0.25, 0.3) is 0 Å². The fourth-order valence-corrected chi connectivity index (χ4v) is 2.24. The van der Waals surface area contributed by atoms with Gasteiger partial charge in [-0.2, -0.15) is 13.2 Å². The molecule has 1 atom stereocenters. The van der Waals surface area contributed by atoms with Gasteiger partial charge in [0.25, 0.3) is 0 Å². The number of hydrogen-bond acceptors (Lipinski definition) is 3. The highest BCUT2D eigenvalue weighted by Crippen LogP contribution is 2.39. The zero-order valence-electron chi connectivity index (χ0n) is 11.6. The Balaban J connectivity index is 2.40. The first-order valence-electron chi connectivity index (χ1n) is 6.55. The summed E-state index contributed by atoms with van der Waals surface area (Å²) in [6, 6.07) is 5.78. The maximum Gasteiger partial charge on any atom is 0.433 e. The predicted molar refractivity (Wildman–Crippen MR) is 72.9 cm³/mol. The molecule has 0 saturated carbocycles. The largest absolute Gasteiger partial charge is 0.433 e. The number of morpholine rings is 1. The van der Waals surface area contributed by atoms with Gasteiger partial charge >= 0.3 is 6.18 Å². The van der Waals surface area contributed by atoms with Crippen LogP contribution in [0.3, 0.4) is 0 Å². The van der Waals surface area contributed by atoms with Crippen LogP contribution in [0, 0.1) is 11.8 Å². The van der Waals surface area contributed by atoms with E-state index in [0.717, 1.165) is 0 Å². The van der Waals surface area contributed by atoms with Crippen molar-refractivity contribution in [3.8, 4) is 11.8 Å². The minimum Gasteiger partial charge on any atom is -0.378 e. The molecule has 1 unspecified atom stereocenters. The van der Waals surface area contributed by atoms with Crippen molar-refractivity contribution in [2.45, 2.75) is 18.7 Å². The quantitative estimate of drug-likeness (QED) is 0.851. The molecule has 2 rings (SSSR count). The van der Waals surface area contributed by atoms with Gasteiger partial charge in [0.1, 0.15) is 0 Å². The third-order valence-corrected chi connectivity index (χ3v) is 3.36. The number of alkyl halides is 3. The molecule has 0 bridgehead atoms. The van der Waals surface area contributed by atoms with Crippen LogP contribution in [-0.2, 0) is 10.3 Å². The molecule has 0 aromatic heterocycles. The van der Waals surface area contributed by atoms with E-state index in [1.54, 1.807) is 6.07 Å². The first-order chi connectivity index (χ1) is 9.88.